The van der Waals surface area contributed by atoms with E-state index in [4.69, 9.17) is 14.2 Å². The molecule has 1 saturated heterocycles. The standard InChI is InChI=1S/C22H28N4O5/c1-12(2)17(25-22(28)29-4)21(27)26-9-5-6-16(26)20-23-10-15(24-20)14-8-7-13(3)18-19(14)31-11-30-18/h7-8,10,12,16-17H,5-6,9,11H2,1-4H3,(H,23,24)(H,25,28)/t16-,17-/m0/s1. The number of aryl methyl sites for hydroxylation is 1. The molecule has 2 atom stereocenters. The van der Waals surface area contributed by atoms with Gasteiger partial charge in [0, 0.05) is 12.1 Å². The van der Waals surface area contributed by atoms with Crippen LogP contribution in [0.25, 0.3) is 11.3 Å². The van der Waals surface area contributed by atoms with E-state index in [1.807, 2.05) is 32.9 Å². The van der Waals surface area contributed by atoms with Gasteiger partial charge in [-0.05, 0) is 37.3 Å². The average Bonchev–Trinajstić information content (AvgIpc) is 3.51. The van der Waals surface area contributed by atoms with Crippen molar-refractivity contribution < 1.29 is 23.8 Å². The average molecular weight is 428 g/mol. The number of carbonyl (C=O) groups excluding carboxylic acids is 2. The molecule has 0 spiro atoms. The highest BCUT2D eigenvalue weighted by Crippen LogP contribution is 2.43. The van der Waals surface area contributed by atoms with E-state index in [-0.39, 0.29) is 24.7 Å². The zero-order valence-electron chi connectivity index (χ0n) is 18.2. The van der Waals surface area contributed by atoms with Gasteiger partial charge in [-0.15, -0.1) is 0 Å². The van der Waals surface area contributed by atoms with Crippen LogP contribution in [0.4, 0.5) is 4.79 Å². The summed E-state index contributed by atoms with van der Waals surface area (Å²) in [4.78, 5) is 34.7. The van der Waals surface area contributed by atoms with E-state index in [0.717, 1.165) is 41.2 Å². The maximum atomic E-state index is 13.3. The number of H-pyrrole nitrogens is 1. The quantitative estimate of drug-likeness (QED) is 0.758. The van der Waals surface area contributed by atoms with Crippen molar-refractivity contribution in [1.29, 1.82) is 0 Å². The van der Waals surface area contributed by atoms with E-state index in [2.05, 4.69) is 15.3 Å². The van der Waals surface area contributed by atoms with Crippen molar-refractivity contribution in [3.63, 3.8) is 0 Å². The molecule has 0 bridgehead atoms. The molecule has 0 aliphatic carbocycles. The Morgan fingerprint density at radius 2 is 2.06 bits per heavy atom. The van der Waals surface area contributed by atoms with Crippen LogP contribution >= 0.6 is 0 Å². The third kappa shape index (κ3) is 3.92. The molecule has 2 N–H and O–H groups in total. The van der Waals surface area contributed by atoms with Gasteiger partial charge in [0.15, 0.2) is 11.5 Å². The van der Waals surface area contributed by atoms with Crippen molar-refractivity contribution >= 4 is 12.0 Å². The Morgan fingerprint density at radius 3 is 2.81 bits per heavy atom. The highest BCUT2D eigenvalue weighted by Gasteiger charge is 2.37. The number of imidazole rings is 1. The first-order valence-electron chi connectivity index (χ1n) is 10.5. The Balaban J connectivity index is 1.58. The molecule has 2 amide bonds. The van der Waals surface area contributed by atoms with Gasteiger partial charge in [-0.25, -0.2) is 9.78 Å². The summed E-state index contributed by atoms with van der Waals surface area (Å²) in [5.41, 5.74) is 2.70. The SMILES string of the molecule is COC(=O)N[C@H](C(=O)N1CCC[C@H]1c1ncc(-c2ccc(C)c3c2OCO3)[nH]1)C(C)C. The van der Waals surface area contributed by atoms with Crippen molar-refractivity contribution in [2.45, 2.75) is 45.7 Å². The molecule has 3 heterocycles. The molecule has 2 aromatic rings. The number of amides is 2. The molecule has 9 heteroatoms. The van der Waals surface area contributed by atoms with Crippen LogP contribution in [0.2, 0.25) is 0 Å². The minimum Gasteiger partial charge on any atom is -0.453 e. The molecule has 1 aromatic carbocycles. The molecule has 1 fully saturated rings. The molecule has 4 rings (SSSR count). The fourth-order valence-electron chi connectivity index (χ4n) is 4.18. The second-order valence-electron chi connectivity index (χ2n) is 8.22. The lowest BCUT2D eigenvalue weighted by atomic mass is 10.0. The first-order chi connectivity index (χ1) is 14.9. The number of nitrogens with one attached hydrogen (secondary N) is 2. The van der Waals surface area contributed by atoms with Gasteiger partial charge in [-0.2, -0.15) is 0 Å². The Kier molecular flexibility index (Phi) is 5.75. The number of rotatable bonds is 5. The number of aromatic amines is 1. The second kappa shape index (κ2) is 8.49. The molecular formula is C22H28N4O5. The first-order valence-corrected chi connectivity index (χ1v) is 10.5. The summed E-state index contributed by atoms with van der Waals surface area (Å²) in [5, 5.41) is 2.67. The predicted octanol–water partition coefficient (Wildman–Crippen LogP) is 3.16. The van der Waals surface area contributed by atoms with E-state index in [1.165, 1.54) is 7.11 Å². The zero-order chi connectivity index (χ0) is 22.1. The maximum absolute atomic E-state index is 13.3. The lowest BCUT2D eigenvalue weighted by Gasteiger charge is -2.30. The third-order valence-electron chi connectivity index (χ3n) is 5.84. The van der Waals surface area contributed by atoms with E-state index < -0.39 is 12.1 Å². The summed E-state index contributed by atoms with van der Waals surface area (Å²) in [7, 11) is 1.29. The van der Waals surface area contributed by atoms with Crippen molar-refractivity contribution in [1.82, 2.24) is 20.2 Å². The van der Waals surface area contributed by atoms with Gasteiger partial charge in [0.05, 0.1) is 25.0 Å². The monoisotopic (exact) mass is 428 g/mol. The molecule has 2 aliphatic rings. The number of likely N-dealkylation sites (tertiary alicyclic amines) is 1. The summed E-state index contributed by atoms with van der Waals surface area (Å²) in [5.74, 6) is 1.97. The van der Waals surface area contributed by atoms with Gasteiger partial charge in [-0.3, -0.25) is 4.79 Å². The van der Waals surface area contributed by atoms with Crippen LogP contribution in [0.5, 0.6) is 11.5 Å². The normalized spacial score (nSPS) is 18.4. The molecule has 9 nitrogen and oxygen atoms in total. The number of aromatic nitrogens is 2. The maximum Gasteiger partial charge on any atom is 0.407 e. The van der Waals surface area contributed by atoms with Crippen molar-refractivity contribution in [2.24, 2.45) is 5.92 Å². The van der Waals surface area contributed by atoms with Crippen LogP contribution in [0.15, 0.2) is 18.3 Å². The van der Waals surface area contributed by atoms with E-state index in [0.29, 0.717) is 12.3 Å². The van der Waals surface area contributed by atoms with Gasteiger partial charge in [0.25, 0.3) is 0 Å². The Labute approximate surface area is 181 Å². The summed E-state index contributed by atoms with van der Waals surface area (Å²) in [6.07, 6.45) is 2.81. The van der Waals surface area contributed by atoms with Gasteiger partial charge >= 0.3 is 6.09 Å². The number of ether oxygens (including phenoxy) is 3. The molecule has 1 aromatic heterocycles. The van der Waals surface area contributed by atoms with Gasteiger partial charge < -0.3 is 29.4 Å². The van der Waals surface area contributed by atoms with E-state index in [9.17, 15) is 9.59 Å². The van der Waals surface area contributed by atoms with Gasteiger partial charge in [-0.1, -0.05) is 19.9 Å². The highest BCUT2D eigenvalue weighted by molar-refractivity contribution is 5.86. The molecule has 2 aliphatic heterocycles. The number of methoxy groups -OCH3 is 1. The fourth-order valence-corrected chi connectivity index (χ4v) is 4.18. The van der Waals surface area contributed by atoms with Crippen molar-refractivity contribution in [3.05, 3.63) is 29.7 Å². The van der Waals surface area contributed by atoms with Crippen LogP contribution in [0.1, 0.15) is 44.1 Å². The van der Waals surface area contributed by atoms with Crippen LogP contribution in [0, 0.1) is 12.8 Å². The molecule has 0 saturated carbocycles. The van der Waals surface area contributed by atoms with Crippen LogP contribution < -0.4 is 14.8 Å². The predicted molar refractivity (Wildman–Crippen MR) is 113 cm³/mol. The first kappa shape index (κ1) is 21.0. The number of hydrogen-bond donors (Lipinski definition) is 2. The highest BCUT2D eigenvalue weighted by atomic mass is 16.7. The Bertz CT molecular complexity index is 986. The minimum atomic E-state index is -0.659. The number of fused-ring (bicyclic) bond motifs is 1. The smallest absolute Gasteiger partial charge is 0.407 e. The van der Waals surface area contributed by atoms with Gasteiger partial charge in [0.2, 0.25) is 12.7 Å². The summed E-state index contributed by atoms with van der Waals surface area (Å²) >= 11 is 0. The summed E-state index contributed by atoms with van der Waals surface area (Å²) < 4.78 is 16.0. The number of hydrogen-bond acceptors (Lipinski definition) is 6. The van der Waals surface area contributed by atoms with E-state index in [1.54, 1.807) is 11.1 Å². The Morgan fingerprint density at radius 1 is 1.29 bits per heavy atom. The molecule has 166 valence electrons. The molecule has 0 unspecified atom stereocenters. The fraction of sp³-hybridized carbons (Fsp3) is 0.500. The number of benzene rings is 1. The minimum absolute atomic E-state index is 0.0766. The lowest BCUT2D eigenvalue weighted by molar-refractivity contribution is -0.135. The van der Waals surface area contributed by atoms with Crippen LogP contribution in [-0.4, -0.2) is 53.4 Å². The Hall–Kier alpha value is -3.23. The van der Waals surface area contributed by atoms with Crippen molar-refractivity contribution in [3.8, 4) is 22.8 Å². The van der Waals surface area contributed by atoms with Crippen LogP contribution in [0.3, 0.4) is 0 Å². The number of carbonyl (C=O) groups is 2. The summed E-state index contributed by atoms with van der Waals surface area (Å²) in [6, 6.07) is 3.12. The zero-order valence-corrected chi connectivity index (χ0v) is 18.2. The lowest BCUT2D eigenvalue weighted by Crippen LogP contribution is -2.51. The molecule has 0 radical (unpaired) electrons. The van der Waals surface area contributed by atoms with Crippen molar-refractivity contribution in [2.75, 3.05) is 20.4 Å². The number of nitrogens with zero attached hydrogens (tertiary/aromatic N) is 2. The third-order valence-corrected chi connectivity index (χ3v) is 5.84. The largest absolute Gasteiger partial charge is 0.453 e. The second-order valence-corrected chi connectivity index (χ2v) is 8.22. The van der Waals surface area contributed by atoms with Crippen LogP contribution in [-0.2, 0) is 9.53 Å². The van der Waals surface area contributed by atoms with Gasteiger partial charge in [0.1, 0.15) is 11.9 Å². The number of alkyl carbamates (subject to hydrolysis) is 1. The topological polar surface area (TPSA) is 106 Å². The summed E-state index contributed by atoms with van der Waals surface area (Å²) in [6.45, 7) is 6.58. The molecule has 31 heavy (non-hydrogen) atoms. The molecular weight excluding hydrogens is 400 g/mol. The van der Waals surface area contributed by atoms with E-state index >= 15 is 0 Å².